The minimum absolute atomic E-state index is 0.00899. The number of carboxylic acid groups (broad SMARTS) is 1. The molecule has 1 rings (SSSR count). The van der Waals surface area contributed by atoms with E-state index in [4.69, 9.17) is 14.9 Å². The zero-order chi connectivity index (χ0) is 15.8. The van der Waals surface area contributed by atoms with Crippen LogP contribution >= 0.6 is 0 Å². The Hall–Kier alpha value is -1.59. The number of carboxylic acids is 1. The Balaban J connectivity index is 2.93. The third kappa shape index (κ3) is 5.73. The van der Waals surface area contributed by atoms with Crippen molar-refractivity contribution >= 4 is 5.97 Å². The Morgan fingerprint density at radius 1 is 1.38 bits per heavy atom. The maximum Gasteiger partial charge on any atom is 0.304 e. The molecule has 0 amide bonds. The fourth-order valence-corrected chi connectivity index (χ4v) is 2.28. The van der Waals surface area contributed by atoms with Gasteiger partial charge in [-0.15, -0.1) is 0 Å². The Morgan fingerprint density at radius 3 is 2.62 bits per heavy atom. The van der Waals surface area contributed by atoms with Crippen LogP contribution in [0, 0.1) is 0 Å². The summed E-state index contributed by atoms with van der Waals surface area (Å²) < 4.78 is 5.37. The number of nitrogens with one attached hydrogen (secondary N) is 1. The molecule has 0 aliphatic rings. The van der Waals surface area contributed by atoms with Gasteiger partial charge in [0.1, 0.15) is 5.75 Å². The lowest BCUT2D eigenvalue weighted by molar-refractivity contribution is -0.137. The maximum absolute atomic E-state index is 11.0. The van der Waals surface area contributed by atoms with Gasteiger partial charge in [0.05, 0.1) is 20.1 Å². The maximum atomic E-state index is 11.0. The first-order chi connectivity index (χ1) is 9.97. The number of aliphatic hydroxyl groups excluding tert-OH is 1. The number of ether oxygens (including phenoxy) is 1. The largest absolute Gasteiger partial charge is 0.496 e. The standard InChI is InChI=1S/C16H25NO4/c1-11(2)12-4-5-15(21-3)13(8-12)9-14(10-16(19)20)17-6-7-18/h4-5,8,11,14,17-18H,6-7,9-10H2,1-3H3,(H,19,20). The van der Waals surface area contributed by atoms with Gasteiger partial charge in [-0.25, -0.2) is 0 Å². The monoisotopic (exact) mass is 295 g/mol. The molecule has 0 saturated carbocycles. The average Bonchev–Trinajstić information content (AvgIpc) is 2.44. The second-order valence-electron chi connectivity index (χ2n) is 5.40. The second kappa shape index (κ2) is 8.64. The van der Waals surface area contributed by atoms with Crippen LogP contribution in [0.25, 0.3) is 0 Å². The third-order valence-electron chi connectivity index (χ3n) is 3.40. The SMILES string of the molecule is COc1ccc(C(C)C)cc1CC(CC(=O)O)NCCO. The summed E-state index contributed by atoms with van der Waals surface area (Å²) in [5.74, 6) is 0.308. The van der Waals surface area contributed by atoms with Crippen molar-refractivity contribution in [2.24, 2.45) is 0 Å². The van der Waals surface area contributed by atoms with Crippen molar-refractivity contribution in [1.82, 2.24) is 5.32 Å². The molecule has 0 aromatic heterocycles. The van der Waals surface area contributed by atoms with Crippen LogP contribution in [-0.2, 0) is 11.2 Å². The predicted octanol–water partition coefficient (Wildman–Crippen LogP) is 1.79. The van der Waals surface area contributed by atoms with Crippen LogP contribution in [0.15, 0.2) is 18.2 Å². The molecule has 0 heterocycles. The first-order valence-electron chi connectivity index (χ1n) is 7.20. The second-order valence-corrected chi connectivity index (χ2v) is 5.40. The van der Waals surface area contributed by atoms with Crippen LogP contribution in [0.2, 0.25) is 0 Å². The van der Waals surface area contributed by atoms with Gasteiger partial charge >= 0.3 is 5.97 Å². The number of benzene rings is 1. The van der Waals surface area contributed by atoms with E-state index in [1.165, 1.54) is 5.56 Å². The Kier molecular flexibility index (Phi) is 7.19. The molecule has 1 aromatic rings. The van der Waals surface area contributed by atoms with Crippen molar-refractivity contribution in [2.75, 3.05) is 20.3 Å². The van der Waals surface area contributed by atoms with Gasteiger partial charge in [-0.05, 0) is 29.5 Å². The molecular weight excluding hydrogens is 270 g/mol. The molecule has 0 spiro atoms. The van der Waals surface area contributed by atoms with Gasteiger partial charge in [0.15, 0.2) is 0 Å². The van der Waals surface area contributed by atoms with E-state index < -0.39 is 5.97 Å². The van der Waals surface area contributed by atoms with Gasteiger partial charge in [0.2, 0.25) is 0 Å². The van der Waals surface area contributed by atoms with Gasteiger partial charge in [-0.3, -0.25) is 4.79 Å². The molecule has 0 fully saturated rings. The third-order valence-corrected chi connectivity index (χ3v) is 3.40. The van der Waals surface area contributed by atoms with Crippen LogP contribution in [0.1, 0.15) is 37.3 Å². The average molecular weight is 295 g/mol. The molecule has 5 nitrogen and oxygen atoms in total. The number of hydrogen-bond donors (Lipinski definition) is 3. The van der Waals surface area contributed by atoms with E-state index in [1.54, 1.807) is 7.11 Å². The van der Waals surface area contributed by atoms with Crippen LogP contribution in [0.3, 0.4) is 0 Å². The van der Waals surface area contributed by atoms with E-state index in [-0.39, 0.29) is 19.1 Å². The first kappa shape index (κ1) is 17.5. The molecule has 5 heteroatoms. The van der Waals surface area contributed by atoms with Gasteiger partial charge in [-0.2, -0.15) is 0 Å². The fourth-order valence-electron chi connectivity index (χ4n) is 2.28. The summed E-state index contributed by atoms with van der Waals surface area (Å²) in [6.07, 6.45) is 0.561. The highest BCUT2D eigenvalue weighted by Gasteiger charge is 2.16. The van der Waals surface area contributed by atoms with E-state index in [9.17, 15) is 4.79 Å². The van der Waals surface area contributed by atoms with Crippen molar-refractivity contribution in [2.45, 2.75) is 38.6 Å². The quantitative estimate of drug-likeness (QED) is 0.647. The molecule has 1 unspecified atom stereocenters. The summed E-state index contributed by atoms with van der Waals surface area (Å²) >= 11 is 0. The molecule has 21 heavy (non-hydrogen) atoms. The number of hydrogen-bond acceptors (Lipinski definition) is 4. The number of aliphatic carboxylic acids is 1. The summed E-state index contributed by atoms with van der Waals surface area (Å²) in [5, 5.41) is 21.0. The minimum Gasteiger partial charge on any atom is -0.496 e. The number of rotatable bonds is 9. The van der Waals surface area contributed by atoms with E-state index in [1.807, 2.05) is 12.1 Å². The van der Waals surface area contributed by atoms with Crippen molar-refractivity contribution in [3.8, 4) is 5.75 Å². The van der Waals surface area contributed by atoms with Gasteiger partial charge in [0, 0.05) is 12.6 Å². The number of carbonyl (C=O) groups is 1. The Labute approximate surface area is 125 Å². The summed E-state index contributed by atoms with van der Waals surface area (Å²) in [5.41, 5.74) is 2.18. The Bertz CT molecular complexity index is 460. The fraction of sp³-hybridized carbons (Fsp3) is 0.562. The molecule has 3 N–H and O–H groups in total. The zero-order valence-corrected chi connectivity index (χ0v) is 12.9. The topological polar surface area (TPSA) is 78.8 Å². The highest BCUT2D eigenvalue weighted by molar-refractivity contribution is 5.67. The lowest BCUT2D eigenvalue weighted by atomic mass is 9.96. The van der Waals surface area contributed by atoms with Crippen molar-refractivity contribution in [1.29, 1.82) is 0 Å². The van der Waals surface area contributed by atoms with Crippen molar-refractivity contribution in [3.05, 3.63) is 29.3 Å². The Morgan fingerprint density at radius 2 is 2.10 bits per heavy atom. The molecule has 0 bridgehead atoms. The number of methoxy groups -OCH3 is 1. The summed E-state index contributed by atoms with van der Waals surface area (Å²) in [7, 11) is 1.61. The summed E-state index contributed by atoms with van der Waals surface area (Å²) in [6.45, 7) is 4.60. The van der Waals surface area contributed by atoms with Crippen LogP contribution in [0.5, 0.6) is 5.75 Å². The van der Waals surface area contributed by atoms with E-state index in [2.05, 4.69) is 25.2 Å². The summed E-state index contributed by atoms with van der Waals surface area (Å²) in [4.78, 5) is 11.0. The molecule has 118 valence electrons. The zero-order valence-electron chi connectivity index (χ0n) is 12.9. The molecule has 0 saturated heterocycles. The van der Waals surface area contributed by atoms with Crippen LogP contribution in [-0.4, -0.2) is 42.5 Å². The molecule has 0 radical (unpaired) electrons. The molecule has 1 atom stereocenters. The molecule has 0 aliphatic carbocycles. The first-order valence-corrected chi connectivity index (χ1v) is 7.20. The van der Waals surface area contributed by atoms with Crippen molar-refractivity contribution < 1.29 is 19.7 Å². The lowest BCUT2D eigenvalue weighted by Gasteiger charge is -2.19. The van der Waals surface area contributed by atoms with Gasteiger partial charge in [-0.1, -0.05) is 26.0 Å². The predicted molar refractivity (Wildman–Crippen MR) is 81.9 cm³/mol. The smallest absolute Gasteiger partial charge is 0.304 e. The van der Waals surface area contributed by atoms with Crippen LogP contribution in [0.4, 0.5) is 0 Å². The minimum atomic E-state index is -0.857. The molecule has 0 aliphatic heterocycles. The number of aliphatic hydroxyl groups is 1. The van der Waals surface area contributed by atoms with Gasteiger partial charge < -0.3 is 20.3 Å². The molecular formula is C16H25NO4. The molecule has 1 aromatic carbocycles. The highest BCUT2D eigenvalue weighted by Crippen LogP contribution is 2.25. The summed E-state index contributed by atoms with van der Waals surface area (Å²) in [6, 6.07) is 5.79. The van der Waals surface area contributed by atoms with E-state index in [0.717, 1.165) is 11.3 Å². The normalized spacial score (nSPS) is 12.4. The van der Waals surface area contributed by atoms with E-state index >= 15 is 0 Å². The highest BCUT2D eigenvalue weighted by atomic mass is 16.5. The lowest BCUT2D eigenvalue weighted by Crippen LogP contribution is -2.35. The van der Waals surface area contributed by atoms with Gasteiger partial charge in [0.25, 0.3) is 0 Å². The van der Waals surface area contributed by atoms with Crippen LogP contribution < -0.4 is 10.1 Å². The van der Waals surface area contributed by atoms with E-state index in [0.29, 0.717) is 18.9 Å². The van der Waals surface area contributed by atoms with Crippen molar-refractivity contribution in [3.63, 3.8) is 0 Å².